The predicted octanol–water partition coefficient (Wildman–Crippen LogP) is 3.25. The third kappa shape index (κ3) is 1.73. The Kier molecular flexibility index (Phi) is 2.77. The van der Waals surface area contributed by atoms with Gasteiger partial charge in [0.2, 0.25) is 0 Å². The van der Waals surface area contributed by atoms with Crippen LogP contribution in [0.4, 0.5) is 17.6 Å². The summed E-state index contributed by atoms with van der Waals surface area (Å²) in [5, 5.41) is 0. The maximum atomic E-state index is 13.3. The molecule has 1 aromatic heterocycles. The van der Waals surface area contributed by atoms with Crippen molar-refractivity contribution in [1.82, 2.24) is 0 Å². The molecule has 0 N–H and O–H groups in total. The molecule has 1 heterocycles. The van der Waals surface area contributed by atoms with Crippen LogP contribution in [0.25, 0.3) is 11.0 Å². The van der Waals surface area contributed by atoms with Crippen LogP contribution in [0, 0.1) is 23.3 Å². The van der Waals surface area contributed by atoms with Gasteiger partial charge in [0, 0.05) is 0 Å². The van der Waals surface area contributed by atoms with Gasteiger partial charge >= 0.3 is 89.0 Å². The second-order valence-corrected chi connectivity index (χ2v) is 3.21. The maximum absolute atomic E-state index is 13.3. The van der Waals surface area contributed by atoms with Crippen molar-refractivity contribution in [2.24, 2.45) is 0 Å². The molecular formula is C11H5BF4. The topological polar surface area (TPSA) is 0 Å². The van der Waals surface area contributed by atoms with E-state index in [1.807, 2.05) is 0 Å². The van der Waals surface area contributed by atoms with Gasteiger partial charge in [0.1, 0.15) is 0 Å². The molecule has 0 bridgehead atoms. The zero-order valence-corrected chi connectivity index (χ0v) is 7.98. The van der Waals surface area contributed by atoms with Gasteiger partial charge in [-0.05, 0) is 0 Å². The number of benzene rings is 1. The number of halogens is 4. The van der Waals surface area contributed by atoms with E-state index in [4.69, 9.17) is 0 Å². The molecule has 0 nitrogen and oxygen atoms in total. The molecule has 2 aromatic rings. The van der Waals surface area contributed by atoms with Crippen LogP contribution in [0.2, 0.25) is 0 Å². The van der Waals surface area contributed by atoms with Crippen molar-refractivity contribution in [1.29, 1.82) is 0 Å². The first kappa shape index (κ1) is 10.9. The molecule has 0 aliphatic carbocycles. The molecule has 0 amide bonds. The van der Waals surface area contributed by atoms with Crippen LogP contribution >= 0.6 is 0 Å². The summed E-state index contributed by atoms with van der Waals surface area (Å²) in [6, 6.07) is 4.73. The van der Waals surface area contributed by atoms with Crippen LogP contribution in [0.1, 0.15) is 0 Å². The Bertz CT molecular complexity index is 499. The molecule has 0 spiro atoms. The standard InChI is InChI=1S/C11H5BF4/c13-7-5-8(14)11(16)9(10(7)15)6-3-1-2-4-12-6/h1-5H. The minimum atomic E-state index is -1.40. The van der Waals surface area contributed by atoms with Crippen molar-refractivity contribution >= 4 is 6.91 Å². The first-order valence-electron chi connectivity index (χ1n) is 4.49. The van der Waals surface area contributed by atoms with Crippen molar-refractivity contribution in [2.45, 2.75) is 0 Å². The molecule has 0 radical (unpaired) electrons. The van der Waals surface area contributed by atoms with Gasteiger partial charge in [0.05, 0.1) is 0 Å². The third-order valence-electron chi connectivity index (χ3n) is 2.17. The molecule has 0 saturated heterocycles. The Morgan fingerprint density at radius 2 is 1.50 bits per heavy atom. The number of rotatable bonds is 1. The van der Waals surface area contributed by atoms with E-state index in [-0.39, 0.29) is 11.5 Å². The molecule has 5 heteroatoms. The van der Waals surface area contributed by atoms with E-state index in [0.29, 0.717) is 0 Å². The van der Waals surface area contributed by atoms with E-state index in [1.165, 1.54) is 25.0 Å². The van der Waals surface area contributed by atoms with Gasteiger partial charge in [-0.2, -0.15) is 0 Å². The van der Waals surface area contributed by atoms with Crippen molar-refractivity contribution in [3.05, 3.63) is 53.5 Å². The molecule has 0 saturated carbocycles. The van der Waals surface area contributed by atoms with Crippen LogP contribution in [-0.4, -0.2) is 6.91 Å². The van der Waals surface area contributed by atoms with Crippen LogP contribution in [0.5, 0.6) is 0 Å². The monoisotopic (exact) mass is 224 g/mol. The van der Waals surface area contributed by atoms with E-state index in [0.717, 1.165) is 0 Å². The predicted molar refractivity (Wildman–Crippen MR) is 53.1 cm³/mol. The normalized spacial score (nSPS) is 10.2. The second-order valence-electron chi connectivity index (χ2n) is 3.21. The quantitative estimate of drug-likeness (QED) is 0.515. The van der Waals surface area contributed by atoms with Crippen molar-refractivity contribution < 1.29 is 17.6 Å². The van der Waals surface area contributed by atoms with Crippen LogP contribution in [0.15, 0.2) is 30.2 Å². The summed E-state index contributed by atoms with van der Waals surface area (Å²) >= 11 is 0. The van der Waals surface area contributed by atoms with Gasteiger partial charge in [-0.3, -0.25) is 0 Å². The minimum absolute atomic E-state index is 0.0934. The molecule has 0 aliphatic rings. The molecule has 0 atom stereocenters. The Hall–Kier alpha value is -1.65. The van der Waals surface area contributed by atoms with Gasteiger partial charge in [-0.15, -0.1) is 0 Å². The summed E-state index contributed by atoms with van der Waals surface area (Å²) in [6.45, 7) is 1.38. The Balaban J connectivity index is 2.74. The molecular weight excluding hydrogens is 219 g/mol. The van der Waals surface area contributed by atoms with E-state index in [2.05, 4.69) is 0 Å². The van der Waals surface area contributed by atoms with Crippen molar-refractivity contribution in [3.8, 4) is 11.0 Å². The fraction of sp³-hybridized carbons (Fsp3) is 0. The summed E-state index contributed by atoms with van der Waals surface area (Å²) in [5.74, 6) is -4.05. The Labute approximate surface area is 89.8 Å². The summed E-state index contributed by atoms with van der Waals surface area (Å²) in [7, 11) is 0. The second kappa shape index (κ2) is 4.08. The molecule has 0 aliphatic heterocycles. The first-order valence-corrected chi connectivity index (χ1v) is 4.49. The Morgan fingerprint density at radius 3 is 2.00 bits per heavy atom. The molecule has 16 heavy (non-hydrogen) atoms. The molecule has 2 rings (SSSR count). The van der Waals surface area contributed by atoms with Crippen molar-refractivity contribution in [3.63, 3.8) is 0 Å². The fourth-order valence-corrected chi connectivity index (χ4v) is 1.43. The van der Waals surface area contributed by atoms with Crippen LogP contribution in [-0.2, 0) is 0 Å². The van der Waals surface area contributed by atoms with Crippen molar-refractivity contribution in [2.75, 3.05) is 0 Å². The average molecular weight is 224 g/mol. The summed E-state index contributed by atoms with van der Waals surface area (Å²) in [4.78, 5) is 0. The zero-order chi connectivity index (χ0) is 11.7. The van der Waals surface area contributed by atoms with E-state index < -0.39 is 28.8 Å². The van der Waals surface area contributed by atoms with Crippen LogP contribution in [0.3, 0.4) is 0 Å². The summed E-state index contributed by atoms with van der Waals surface area (Å²) in [5.41, 5.74) is -0.589. The first-order chi connectivity index (χ1) is 7.61. The number of hydrogen-bond donors (Lipinski definition) is 0. The SMILES string of the molecule is Fc1cc(F)c(F)c(-c2bcccc2)c1F. The molecule has 0 fully saturated rings. The molecule has 0 unspecified atom stereocenters. The van der Waals surface area contributed by atoms with E-state index >= 15 is 0 Å². The average Bonchev–Trinajstić information content (AvgIpc) is 2.28. The third-order valence-corrected chi connectivity index (χ3v) is 2.17. The van der Waals surface area contributed by atoms with Gasteiger partial charge in [-0.1, -0.05) is 0 Å². The van der Waals surface area contributed by atoms with Gasteiger partial charge in [0.25, 0.3) is 0 Å². The summed E-state index contributed by atoms with van der Waals surface area (Å²) < 4.78 is 52.5. The molecule has 80 valence electrons. The van der Waals surface area contributed by atoms with Gasteiger partial charge in [-0.25, -0.2) is 0 Å². The van der Waals surface area contributed by atoms with E-state index in [9.17, 15) is 17.6 Å². The van der Waals surface area contributed by atoms with E-state index in [1.54, 1.807) is 6.07 Å². The Morgan fingerprint density at radius 1 is 0.875 bits per heavy atom. The van der Waals surface area contributed by atoms with Gasteiger partial charge in [0.15, 0.2) is 0 Å². The van der Waals surface area contributed by atoms with Gasteiger partial charge < -0.3 is 0 Å². The van der Waals surface area contributed by atoms with Crippen LogP contribution < -0.4 is 0 Å². The zero-order valence-electron chi connectivity index (χ0n) is 7.98. The fourth-order valence-electron chi connectivity index (χ4n) is 1.43. The molecule has 1 aromatic carbocycles. The number of hydrogen-bond acceptors (Lipinski definition) is 0. The summed E-state index contributed by atoms with van der Waals surface area (Å²) in [6.07, 6.45) is 0.